The van der Waals surface area contributed by atoms with Crippen molar-refractivity contribution >= 4 is 0 Å². The van der Waals surface area contributed by atoms with Gasteiger partial charge in [0.2, 0.25) is 0 Å². The smallest absolute Gasteiger partial charge is 0.0940 e. The molecule has 0 aliphatic carbocycles. The van der Waals surface area contributed by atoms with Gasteiger partial charge in [0.25, 0.3) is 0 Å². The Morgan fingerprint density at radius 2 is 2.13 bits per heavy atom. The van der Waals surface area contributed by atoms with Crippen LogP contribution in [0.1, 0.15) is 26.2 Å². The maximum atomic E-state index is 9.85. The summed E-state index contributed by atoms with van der Waals surface area (Å²) in [6.45, 7) is 3.68. The molecule has 0 saturated carbocycles. The summed E-state index contributed by atoms with van der Waals surface area (Å²) in [5.74, 6) is 0.139. The molecule has 0 bridgehead atoms. The lowest BCUT2D eigenvalue weighted by Crippen LogP contribution is -2.45. The van der Waals surface area contributed by atoms with Crippen molar-refractivity contribution in [3.05, 3.63) is 0 Å². The number of rotatable bonds is 2. The molecule has 4 unspecified atom stereocenters. The van der Waals surface area contributed by atoms with Crippen molar-refractivity contribution in [1.29, 1.82) is 0 Å². The maximum Gasteiger partial charge on any atom is 0.0940 e. The van der Waals surface area contributed by atoms with Crippen LogP contribution < -0.4 is 0 Å². The Bertz CT molecular complexity index is 211. The van der Waals surface area contributed by atoms with Crippen LogP contribution in [0.5, 0.6) is 0 Å². The zero-order chi connectivity index (χ0) is 10.9. The molecule has 0 aromatic carbocycles. The van der Waals surface area contributed by atoms with E-state index in [0.717, 1.165) is 25.9 Å². The van der Waals surface area contributed by atoms with Crippen LogP contribution in [0.3, 0.4) is 0 Å². The van der Waals surface area contributed by atoms with E-state index >= 15 is 0 Å². The van der Waals surface area contributed by atoms with Crippen LogP contribution in [0.25, 0.3) is 0 Å². The second kappa shape index (κ2) is 4.37. The van der Waals surface area contributed by atoms with Gasteiger partial charge in [0.1, 0.15) is 0 Å². The van der Waals surface area contributed by atoms with Crippen LogP contribution in [0, 0.1) is 5.92 Å². The molecule has 2 rings (SSSR count). The fourth-order valence-electron chi connectivity index (χ4n) is 2.61. The topological polar surface area (TPSA) is 58.9 Å². The molecule has 0 radical (unpaired) electrons. The SMILES string of the molecule is CC(O)C(O)C1CCOC2(CCOC2)C1. The molecule has 4 heteroatoms. The van der Waals surface area contributed by atoms with Crippen LogP contribution in [-0.2, 0) is 9.47 Å². The molecule has 15 heavy (non-hydrogen) atoms. The standard InChI is InChI=1S/C11H20O4/c1-8(12)10(13)9-2-4-15-11(6-9)3-5-14-7-11/h8-10,12-13H,2-7H2,1H3. The Kier molecular flexibility index (Phi) is 3.30. The summed E-state index contributed by atoms with van der Waals surface area (Å²) in [4.78, 5) is 0. The monoisotopic (exact) mass is 216 g/mol. The van der Waals surface area contributed by atoms with Gasteiger partial charge in [-0.05, 0) is 25.7 Å². The molecule has 4 atom stereocenters. The van der Waals surface area contributed by atoms with Gasteiger partial charge in [-0.3, -0.25) is 0 Å². The molecule has 0 aromatic rings. The lowest BCUT2D eigenvalue weighted by Gasteiger charge is -2.39. The summed E-state index contributed by atoms with van der Waals surface area (Å²) < 4.78 is 11.1. The summed E-state index contributed by atoms with van der Waals surface area (Å²) >= 11 is 0. The molecule has 2 aliphatic rings. The number of aliphatic hydroxyl groups is 2. The van der Waals surface area contributed by atoms with Crippen molar-refractivity contribution in [3.8, 4) is 0 Å². The molecule has 0 aromatic heterocycles. The van der Waals surface area contributed by atoms with Gasteiger partial charge in [-0.25, -0.2) is 0 Å². The minimum Gasteiger partial charge on any atom is -0.391 e. The molecule has 2 heterocycles. The third-order valence-corrected chi connectivity index (χ3v) is 3.58. The van der Waals surface area contributed by atoms with E-state index in [2.05, 4.69) is 0 Å². The van der Waals surface area contributed by atoms with E-state index in [1.807, 2.05) is 0 Å². The lowest BCUT2D eigenvalue weighted by molar-refractivity contribution is -0.129. The average Bonchev–Trinajstić information content (AvgIpc) is 2.65. The van der Waals surface area contributed by atoms with Crippen molar-refractivity contribution in [2.24, 2.45) is 5.92 Å². The predicted molar refractivity (Wildman–Crippen MR) is 54.5 cm³/mol. The summed E-state index contributed by atoms with van der Waals surface area (Å²) in [7, 11) is 0. The highest BCUT2D eigenvalue weighted by molar-refractivity contribution is 4.92. The highest BCUT2D eigenvalue weighted by atomic mass is 16.6. The second-order valence-electron chi connectivity index (χ2n) is 4.82. The fourth-order valence-corrected chi connectivity index (χ4v) is 2.61. The van der Waals surface area contributed by atoms with E-state index in [1.54, 1.807) is 6.92 Å². The van der Waals surface area contributed by atoms with E-state index < -0.39 is 12.2 Å². The quantitative estimate of drug-likeness (QED) is 0.697. The van der Waals surface area contributed by atoms with Gasteiger partial charge in [-0.1, -0.05) is 0 Å². The van der Waals surface area contributed by atoms with Gasteiger partial charge in [-0.15, -0.1) is 0 Å². The average molecular weight is 216 g/mol. The summed E-state index contributed by atoms with van der Waals surface area (Å²) in [5, 5.41) is 19.2. The molecule has 2 aliphatic heterocycles. The first-order valence-corrected chi connectivity index (χ1v) is 5.71. The minimum absolute atomic E-state index is 0.139. The summed E-state index contributed by atoms with van der Waals surface area (Å²) in [5.41, 5.74) is -0.182. The molecule has 2 saturated heterocycles. The Labute approximate surface area is 90.2 Å². The molecular formula is C11H20O4. The molecule has 2 fully saturated rings. The van der Waals surface area contributed by atoms with E-state index in [1.165, 1.54) is 0 Å². The number of hydrogen-bond donors (Lipinski definition) is 2. The van der Waals surface area contributed by atoms with E-state index in [-0.39, 0.29) is 11.5 Å². The van der Waals surface area contributed by atoms with Crippen LogP contribution in [0.4, 0.5) is 0 Å². The maximum absolute atomic E-state index is 9.85. The Morgan fingerprint density at radius 1 is 1.33 bits per heavy atom. The van der Waals surface area contributed by atoms with Crippen molar-refractivity contribution in [1.82, 2.24) is 0 Å². The normalized spacial score (nSPS) is 40.6. The molecule has 4 nitrogen and oxygen atoms in total. The van der Waals surface area contributed by atoms with Gasteiger partial charge < -0.3 is 19.7 Å². The van der Waals surface area contributed by atoms with Crippen molar-refractivity contribution in [2.75, 3.05) is 19.8 Å². The van der Waals surface area contributed by atoms with Crippen molar-refractivity contribution in [2.45, 2.75) is 44.0 Å². The largest absolute Gasteiger partial charge is 0.391 e. The van der Waals surface area contributed by atoms with E-state index in [4.69, 9.17) is 9.47 Å². The zero-order valence-corrected chi connectivity index (χ0v) is 9.19. The first-order valence-electron chi connectivity index (χ1n) is 5.71. The lowest BCUT2D eigenvalue weighted by atomic mass is 9.81. The van der Waals surface area contributed by atoms with Crippen molar-refractivity contribution in [3.63, 3.8) is 0 Å². The first-order chi connectivity index (χ1) is 7.13. The number of aliphatic hydroxyl groups excluding tert-OH is 2. The Balaban J connectivity index is 1.97. The zero-order valence-electron chi connectivity index (χ0n) is 9.19. The second-order valence-corrected chi connectivity index (χ2v) is 4.82. The van der Waals surface area contributed by atoms with Crippen LogP contribution >= 0.6 is 0 Å². The van der Waals surface area contributed by atoms with Gasteiger partial charge >= 0.3 is 0 Å². The molecular weight excluding hydrogens is 196 g/mol. The third-order valence-electron chi connectivity index (χ3n) is 3.58. The minimum atomic E-state index is -0.660. The van der Waals surface area contributed by atoms with Crippen LogP contribution in [-0.4, -0.2) is 47.8 Å². The highest BCUT2D eigenvalue weighted by Gasteiger charge is 2.43. The van der Waals surface area contributed by atoms with Gasteiger partial charge in [0, 0.05) is 19.6 Å². The van der Waals surface area contributed by atoms with E-state index in [0.29, 0.717) is 13.2 Å². The first kappa shape index (κ1) is 11.3. The fraction of sp³-hybridized carbons (Fsp3) is 1.00. The molecule has 1 spiro atoms. The number of ether oxygens (including phenoxy) is 2. The third kappa shape index (κ3) is 2.33. The molecule has 0 amide bonds. The van der Waals surface area contributed by atoms with Gasteiger partial charge in [0.15, 0.2) is 0 Å². The molecule has 88 valence electrons. The van der Waals surface area contributed by atoms with Gasteiger partial charge in [-0.2, -0.15) is 0 Å². The summed E-state index contributed by atoms with van der Waals surface area (Å²) in [6.07, 6.45) is 1.25. The van der Waals surface area contributed by atoms with Crippen LogP contribution in [0.15, 0.2) is 0 Å². The molecule has 2 N–H and O–H groups in total. The van der Waals surface area contributed by atoms with Gasteiger partial charge in [0.05, 0.1) is 24.4 Å². The Morgan fingerprint density at radius 3 is 2.73 bits per heavy atom. The van der Waals surface area contributed by atoms with Crippen molar-refractivity contribution < 1.29 is 19.7 Å². The predicted octanol–water partition coefficient (Wildman–Crippen LogP) is 0.314. The Hall–Kier alpha value is -0.160. The van der Waals surface area contributed by atoms with Crippen LogP contribution in [0.2, 0.25) is 0 Å². The number of hydrogen-bond acceptors (Lipinski definition) is 4. The summed E-state index contributed by atoms with van der Waals surface area (Å²) in [6, 6.07) is 0. The highest BCUT2D eigenvalue weighted by Crippen LogP contribution is 2.37. The van der Waals surface area contributed by atoms with E-state index in [9.17, 15) is 10.2 Å².